The lowest BCUT2D eigenvalue weighted by molar-refractivity contribution is 1.25. The molecule has 0 aromatic heterocycles. The molecule has 0 amide bonds. The molecule has 3 heteroatoms. The molecule has 1 aliphatic heterocycles. The maximum absolute atomic E-state index is 4.95. The van der Waals surface area contributed by atoms with Gasteiger partial charge in [0.1, 0.15) is 11.7 Å². The fraction of sp³-hybridized carbons (Fsp3) is 0.167. The fourth-order valence-electron chi connectivity index (χ4n) is 3.47. The maximum atomic E-state index is 4.95. The first-order chi connectivity index (χ1) is 13.1. The van der Waals surface area contributed by atoms with E-state index in [1.165, 1.54) is 16.7 Å². The van der Waals surface area contributed by atoms with Crippen LogP contribution in [0.3, 0.4) is 0 Å². The van der Waals surface area contributed by atoms with Crippen molar-refractivity contribution in [3.8, 4) is 0 Å². The smallest absolute Gasteiger partial charge is 0.119 e. The zero-order chi connectivity index (χ0) is 18.8. The van der Waals surface area contributed by atoms with Gasteiger partial charge in [-0.25, -0.2) is 9.98 Å². The number of aryl methyl sites for hydroxylation is 2. The Bertz CT molecular complexity index is 1050. The summed E-state index contributed by atoms with van der Waals surface area (Å²) in [6, 6.07) is 25.0. The van der Waals surface area contributed by atoms with Crippen molar-refractivity contribution in [2.75, 3.05) is 4.90 Å². The number of aliphatic imine (C=N–C) groups is 2. The quantitative estimate of drug-likeness (QED) is 0.401. The van der Waals surface area contributed by atoms with Crippen LogP contribution < -0.4 is 4.90 Å². The zero-order valence-corrected chi connectivity index (χ0v) is 16.0. The Morgan fingerprint density at radius 3 is 2.26 bits per heavy atom. The number of nitrogens with zero attached hydrogens (tertiary/aromatic N) is 3. The summed E-state index contributed by atoms with van der Waals surface area (Å²) in [5.74, 6) is 1.94. The second-order valence-electron chi connectivity index (χ2n) is 6.90. The molecule has 0 saturated heterocycles. The Balaban J connectivity index is 1.81. The molecule has 27 heavy (non-hydrogen) atoms. The molecular formula is C24H23N3. The summed E-state index contributed by atoms with van der Waals surface area (Å²) in [7, 11) is 0. The molecule has 1 aliphatic rings. The van der Waals surface area contributed by atoms with Gasteiger partial charge < -0.3 is 0 Å². The minimum atomic E-state index is 0.811. The Hall–Kier alpha value is -3.20. The standard InChI is InChI=1S/C24H23N3/c1-17-10-4-7-13-21(17)25-19(3)27(23-15-9-5-11-18(23)2)24-16-20-12-6-8-14-22(20)26-24/h4-15H,16H2,1-3H3/b25-19+. The second kappa shape index (κ2) is 7.20. The van der Waals surface area contributed by atoms with E-state index in [2.05, 4.69) is 80.3 Å². The summed E-state index contributed by atoms with van der Waals surface area (Å²) in [5.41, 5.74) is 6.79. The molecule has 3 aromatic carbocycles. The number of benzene rings is 3. The average Bonchev–Trinajstić information content (AvgIpc) is 3.09. The second-order valence-corrected chi connectivity index (χ2v) is 6.90. The van der Waals surface area contributed by atoms with Crippen molar-refractivity contribution >= 4 is 28.7 Å². The first-order valence-corrected chi connectivity index (χ1v) is 9.25. The Labute approximate surface area is 160 Å². The van der Waals surface area contributed by atoms with E-state index in [-0.39, 0.29) is 0 Å². The van der Waals surface area contributed by atoms with Crippen molar-refractivity contribution in [1.82, 2.24) is 0 Å². The molecular weight excluding hydrogens is 330 g/mol. The third-order valence-corrected chi connectivity index (χ3v) is 4.93. The third-order valence-electron chi connectivity index (χ3n) is 4.93. The van der Waals surface area contributed by atoms with Crippen molar-refractivity contribution < 1.29 is 0 Å². The number of rotatable bonds is 2. The lowest BCUT2D eigenvalue weighted by Gasteiger charge is -2.26. The monoisotopic (exact) mass is 353 g/mol. The van der Waals surface area contributed by atoms with Gasteiger partial charge in [0.15, 0.2) is 0 Å². The van der Waals surface area contributed by atoms with Gasteiger partial charge in [-0.15, -0.1) is 0 Å². The van der Waals surface area contributed by atoms with Gasteiger partial charge in [0.25, 0.3) is 0 Å². The summed E-state index contributed by atoms with van der Waals surface area (Å²) in [6.45, 7) is 6.28. The van der Waals surface area contributed by atoms with Gasteiger partial charge in [0.05, 0.1) is 17.1 Å². The highest BCUT2D eigenvalue weighted by atomic mass is 15.2. The maximum Gasteiger partial charge on any atom is 0.119 e. The van der Waals surface area contributed by atoms with Gasteiger partial charge in [0, 0.05) is 6.42 Å². The minimum Gasteiger partial charge on any atom is -0.286 e. The van der Waals surface area contributed by atoms with E-state index in [0.717, 1.165) is 35.2 Å². The van der Waals surface area contributed by atoms with E-state index in [1.807, 2.05) is 18.2 Å². The summed E-state index contributed by atoms with van der Waals surface area (Å²) in [5, 5.41) is 0. The SMILES string of the molecule is C/C(=N\c1ccccc1C)N(C1=Nc2ccccc2C1)c1ccccc1C. The molecule has 134 valence electrons. The normalized spacial score (nSPS) is 13.3. The van der Waals surface area contributed by atoms with E-state index < -0.39 is 0 Å². The number of amidine groups is 2. The molecule has 4 rings (SSSR count). The van der Waals surface area contributed by atoms with Crippen LogP contribution in [0.5, 0.6) is 0 Å². The van der Waals surface area contributed by atoms with Gasteiger partial charge in [0.2, 0.25) is 0 Å². The molecule has 0 aliphatic carbocycles. The van der Waals surface area contributed by atoms with Crippen molar-refractivity contribution in [2.45, 2.75) is 27.2 Å². The third kappa shape index (κ3) is 3.41. The van der Waals surface area contributed by atoms with Crippen LogP contribution in [0.4, 0.5) is 17.1 Å². The zero-order valence-electron chi connectivity index (χ0n) is 16.0. The molecule has 0 unspecified atom stereocenters. The predicted octanol–water partition coefficient (Wildman–Crippen LogP) is 6.15. The molecule has 0 bridgehead atoms. The average molecular weight is 353 g/mol. The van der Waals surface area contributed by atoms with E-state index in [4.69, 9.17) is 9.98 Å². The van der Waals surface area contributed by atoms with E-state index in [1.54, 1.807) is 0 Å². The van der Waals surface area contributed by atoms with E-state index in [0.29, 0.717) is 0 Å². The molecule has 0 fully saturated rings. The first-order valence-electron chi connectivity index (χ1n) is 9.25. The lowest BCUT2D eigenvalue weighted by atomic mass is 10.1. The Morgan fingerprint density at radius 1 is 0.852 bits per heavy atom. The van der Waals surface area contributed by atoms with Crippen LogP contribution in [-0.2, 0) is 6.42 Å². The van der Waals surface area contributed by atoms with Crippen LogP contribution in [-0.4, -0.2) is 11.7 Å². The molecule has 3 nitrogen and oxygen atoms in total. The largest absolute Gasteiger partial charge is 0.286 e. The predicted molar refractivity (Wildman–Crippen MR) is 115 cm³/mol. The molecule has 1 heterocycles. The van der Waals surface area contributed by atoms with Crippen LogP contribution in [0.15, 0.2) is 82.8 Å². The highest BCUT2D eigenvalue weighted by Gasteiger charge is 2.24. The number of hydrogen-bond donors (Lipinski definition) is 0. The van der Waals surface area contributed by atoms with E-state index in [9.17, 15) is 0 Å². The molecule has 0 radical (unpaired) electrons. The minimum absolute atomic E-state index is 0.811. The molecule has 0 atom stereocenters. The first kappa shape index (κ1) is 17.2. The van der Waals surface area contributed by atoms with Crippen LogP contribution in [0.2, 0.25) is 0 Å². The highest BCUT2D eigenvalue weighted by Crippen LogP contribution is 2.31. The lowest BCUT2D eigenvalue weighted by Crippen LogP contribution is -2.36. The summed E-state index contributed by atoms with van der Waals surface area (Å²) in [6.07, 6.45) is 0.811. The topological polar surface area (TPSA) is 28.0 Å². The van der Waals surface area contributed by atoms with Crippen molar-refractivity contribution in [3.05, 3.63) is 89.5 Å². The Morgan fingerprint density at radius 2 is 1.52 bits per heavy atom. The van der Waals surface area contributed by atoms with Gasteiger partial charge in [-0.2, -0.15) is 0 Å². The summed E-state index contributed by atoms with van der Waals surface area (Å²) < 4.78 is 0. The van der Waals surface area contributed by atoms with Crippen molar-refractivity contribution in [3.63, 3.8) is 0 Å². The van der Waals surface area contributed by atoms with Crippen molar-refractivity contribution in [2.24, 2.45) is 9.98 Å². The van der Waals surface area contributed by atoms with Crippen LogP contribution in [0.25, 0.3) is 0 Å². The number of anilines is 1. The highest BCUT2D eigenvalue weighted by molar-refractivity contribution is 6.21. The van der Waals surface area contributed by atoms with E-state index >= 15 is 0 Å². The molecule has 0 N–H and O–H groups in total. The van der Waals surface area contributed by atoms with Gasteiger partial charge >= 0.3 is 0 Å². The molecule has 0 saturated carbocycles. The number of para-hydroxylation sites is 3. The van der Waals surface area contributed by atoms with Crippen LogP contribution in [0.1, 0.15) is 23.6 Å². The summed E-state index contributed by atoms with van der Waals surface area (Å²) >= 11 is 0. The molecule has 0 spiro atoms. The summed E-state index contributed by atoms with van der Waals surface area (Å²) in [4.78, 5) is 12.1. The van der Waals surface area contributed by atoms with Gasteiger partial charge in [-0.3, -0.25) is 4.90 Å². The van der Waals surface area contributed by atoms with Gasteiger partial charge in [-0.05, 0) is 55.7 Å². The van der Waals surface area contributed by atoms with Crippen molar-refractivity contribution in [1.29, 1.82) is 0 Å². The van der Waals surface area contributed by atoms with Crippen LogP contribution in [0, 0.1) is 13.8 Å². The number of fused-ring (bicyclic) bond motifs is 1. The fourth-order valence-corrected chi connectivity index (χ4v) is 3.47. The number of hydrogen-bond acceptors (Lipinski definition) is 2. The Kier molecular flexibility index (Phi) is 4.59. The van der Waals surface area contributed by atoms with Gasteiger partial charge in [-0.1, -0.05) is 54.6 Å². The van der Waals surface area contributed by atoms with Crippen LogP contribution >= 0.6 is 0 Å². The molecule has 3 aromatic rings.